The first kappa shape index (κ1) is 15.3. The highest BCUT2D eigenvalue weighted by atomic mass is 32.2. The largest absolute Gasteiger partial charge is 0.465 e. The van der Waals surface area contributed by atoms with E-state index in [9.17, 15) is 13.2 Å². The van der Waals surface area contributed by atoms with Gasteiger partial charge in [0, 0.05) is 13.1 Å². The van der Waals surface area contributed by atoms with Gasteiger partial charge in [-0.15, -0.1) is 0 Å². The molecule has 0 bridgehead atoms. The van der Waals surface area contributed by atoms with E-state index in [2.05, 4.69) is 4.72 Å². The van der Waals surface area contributed by atoms with Gasteiger partial charge in [0.15, 0.2) is 0 Å². The fourth-order valence-electron chi connectivity index (χ4n) is 1.16. The van der Waals surface area contributed by atoms with Gasteiger partial charge >= 0.3 is 5.97 Å². The van der Waals surface area contributed by atoms with Crippen molar-refractivity contribution >= 4 is 16.2 Å². The highest BCUT2D eigenvalue weighted by molar-refractivity contribution is 7.87. The topological polar surface area (TPSA) is 75.7 Å². The maximum Gasteiger partial charge on any atom is 0.321 e. The zero-order valence-corrected chi connectivity index (χ0v) is 10.8. The van der Waals surface area contributed by atoms with Crippen molar-refractivity contribution in [2.24, 2.45) is 0 Å². The Hall–Kier alpha value is -0.660. The monoisotopic (exact) mass is 252 g/mol. The second-order valence-corrected chi connectivity index (χ2v) is 4.90. The molecule has 0 aliphatic heterocycles. The van der Waals surface area contributed by atoms with Gasteiger partial charge in [-0.05, 0) is 13.3 Å². The molecule has 0 saturated carbocycles. The van der Waals surface area contributed by atoms with E-state index >= 15 is 0 Å². The van der Waals surface area contributed by atoms with Gasteiger partial charge in [-0.25, -0.2) is 4.72 Å². The lowest BCUT2D eigenvalue weighted by Gasteiger charge is -2.20. The van der Waals surface area contributed by atoms with E-state index in [4.69, 9.17) is 4.74 Å². The van der Waals surface area contributed by atoms with E-state index in [-0.39, 0.29) is 13.2 Å². The lowest BCUT2D eigenvalue weighted by molar-refractivity contribution is -0.143. The summed E-state index contributed by atoms with van der Waals surface area (Å²) < 4.78 is 31.5. The van der Waals surface area contributed by atoms with Crippen molar-refractivity contribution in [1.82, 2.24) is 9.03 Å². The minimum Gasteiger partial charge on any atom is -0.465 e. The van der Waals surface area contributed by atoms with Crippen LogP contribution in [0.3, 0.4) is 0 Å². The number of hydrogen-bond donors (Lipinski definition) is 1. The Kier molecular flexibility index (Phi) is 7.27. The number of carbonyl (C=O) groups excluding carboxylic acids is 1. The Morgan fingerprint density at radius 2 is 1.94 bits per heavy atom. The average molecular weight is 252 g/mol. The summed E-state index contributed by atoms with van der Waals surface area (Å²) in [5, 5.41) is 0. The molecule has 0 aliphatic carbocycles. The summed E-state index contributed by atoms with van der Waals surface area (Å²) >= 11 is 0. The molecule has 0 heterocycles. The fourth-order valence-corrected chi connectivity index (χ4v) is 2.40. The molecule has 0 radical (unpaired) electrons. The molecule has 16 heavy (non-hydrogen) atoms. The van der Waals surface area contributed by atoms with Crippen LogP contribution in [0.5, 0.6) is 0 Å². The van der Waals surface area contributed by atoms with Crippen LogP contribution in [0.4, 0.5) is 0 Å². The van der Waals surface area contributed by atoms with Crippen molar-refractivity contribution in [3.63, 3.8) is 0 Å². The van der Waals surface area contributed by atoms with Crippen LogP contribution in [-0.4, -0.2) is 44.9 Å². The molecule has 96 valence electrons. The summed E-state index contributed by atoms with van der Waals surface area (Å²) in [5.74, 6) is -0.530. The summed E-state index contributed by atoms with van der Waals surface area (Å²) in [5.41, 5.74) is 0. The van der Waals surface area contributed by atoms with Crippen molar-refractivity contribution in [3.8, 4) is 0 Å². The van der Waals surface area contributed by atoms with Gasteiger partial charge in [0.05, 0.1) is 6.61 Å². The molecule has 0 aromatic rings. The minimum absolute atomic E-state index is 0.239. The number of nitrogens with zero attached hydrogens (tertiary/aromatic N) is 1. The van der Waals surface area contributed by atoms with Crippen LogP contribution in [0.2, 0.25) is 0 Å². The molecular weight excluding hydrogens is 232 g/mol. The third-order valence-electron chi connectivity index (χ3n) is 1.75. The summed E-state index contributed by atoms with van der Waals surface area (Å²) in [4.78, 5) is 11.2. The number of rotatable bonds is 8. The van der Waals surface area contributed by atoms with Gasteiger partial charge in [-0.2, -0.15) is 12.7 Å². The van der Waals surface area contributed by atoms with Gasteiger partial charge in [-0.3, -0.25) is 4.79 Å². The van der Waals surface area contributed by atoms with E-state index < -0.39 is 16.2 Å². The molecule has 0 aromatic heterocycles. The van der Waals surface area contributed by atoms with Crippen LogP contribution >= 0.6 is 0 Å². The van der Waals surface area contributed by atoms with Crippen LogP contribution in [0, 0.1) is 0 Å². The third kappa shape index (κ3) is 5.43. The van der Waals surface area contributed by atoms with Gasteiger partial charge < -0.3 is 4.74 Å². The standard InChI is InChI=1S/C9H20N2O4S/c1-4-7-11(8-9(12)15-6-3)16(13,14)10-5-2/h10H,4-8H2,1-3H3. The van der Waals surface area contributed by atoms with E-state index in [1.807, 2.05) is 6.92 Å². The average Bonchev–Trinajstić information content (AvgIpc) is 2.17. The first-order valence-corrected chi connectivity index (χ1v) is 6.82. The molecular formula is C9H20N2O4S. The van der Waals surface area contributed by atoms with Gasteiger partial charge in [0.25, 0.3) is 10.2 Å². The summed E-state index contributed by atoms with van der Waals surface area (Å²) in [6.07, 6.45) is 0.643. The molecule has 0 fully saturated rings. The number of carbonyl (C=O) groups is 1. The Morgan fingerprint density at radius 1 is 1.31 bits per heavy atom. The molecule has 0 aliphatic rings. The van der Waals surface area contributed by atoms with Crippen LogP contribution in [0.15, 0.2) is 0 Å². The Morgan fingerprint density at radius 3 is 2.38 bits per heavy atom. The van der Waals surface area contributed by atoms with Crippen LogP contribution < -0.4 is 4.72 Å². The lowest BCUT2D eigenvalue weighted by atomic mass is 10.5. The highest BCUT2D eigenvalue weighted by Gasteiger charge is 2.23. The second kappa shape index (κ2) is 7.59. The molecule has 0 amide bonds. The predicted octanol–water partition coefficient (Wildman–Crippen LogP) is 0.116. The Balaban J connectivity index is 4.54. The smallest absolute Gasteiger partial charge is 0.321 e. The quantitative estimate of drug-likeness (QED) is 0.622. The van der Waals surface area contributed by atoms with Crippen molar-refractivity contribution in [1.29, 1.82) is 0 Å². The zero-order valence-electron chi connectivity index (χ0n) is 10.0. The lowest BCUT2D eigenvalue weighted by Crippen LogP contribution is -2.44. The molecule has 7 heteroatoms. The molecule has 0 aromatic carbocycles. The van der Waals surface area contributed by atoms with Gasteiger partial charge in [0.2, 0.25) is 0 Å². The molecule has 0 unspecified atom stereocenters. The minimum atomic E-state index is -3.57. The number of esters is 1. The predicted molar refractivity (Wildman–Crippen MR) is 61.1 cm³/mol. The van der Waals surface area contributed by atoms with Crippen LogP contribution in [0.1, 0.15) is 27.2 Å². The molecule has 0 atom stereocenters. The van der Waals surface area contributed by atoms with Crippen molar-refractivity contribution in [2.75, 3.05) is 26.2 Å². The maximum atomic E-state index is 11.7. The van der Waals surface area contributed by atoms with Crippen molar-refractivity contribution in [3.05, 3.63) is 0 Å². The highest BCUT2D eigenvalue weighted by Crippen LogP contribution is 2.00. The molecule has 0 rings (SSSR count). The molecule has 0 saturated heterocycles. The van der Waals surface area contributed by atoms with E-state index in [0.717, 1.165) is 4.31 Å². The SMILES string of the molecule is CCCN(CC(=O)OCC)S(=O)(=O)NCC. The second-order valence-electron chi connectivity index (χ2n) is 3.14. The van der Waals surface area contributed by atoms with E-state index in [1.165, 1.54) is 0 Å². The molecule has 6 nitrogen and oxygen atoms in total. The Bertz CT molecular complexity index is 303. The van der Waals surface area contributed by atoms with E-state index in [0.29, 0.717) is 19.5 Å². The normalized spacial score (nSPS) is 11.8. The van der Waals surface area contributed by atoms with E-state index in [1.54, 1.807) is 13.8 Å². The number of hydrogen-bond acceptors (Lipinski definition) is 4. The van der Waals surface area contributed by atoms with Crippen LogP contribution in [0.25, 0.3) is 0 Å². The summed E-state index contributed by atoms with van der Waals surface area (Å²) in [7, 11) is -3.57. The number of ether oxygens (including phenoxy) is 1. The summed E-state index contributed by atoms with van der Waals surface area (Å²) in [6.45, 7) is 5.82. The maximum absolute atomic E-state index is 11.7. The van der Waals surface area contributed by atoms with Crippen molar-refractivity contribution < 1.29 is 17.9 Å². The third-order valence-corrected chi connectivity index (χ3v) is 3.40. The van der Waals surface area contributed by atoms with Gasteiger partial charge in [-0.1, -0.05) is 13.8 Å². The number of nitrogens with one attached hydrogen (secondary N) is 1. The first-order valence-electron chi connectivity index (χ1n) is 5.38. The molecule has 0 spiro atoms. The summed E-state index contributed by atoms with van der Waals surface area (Å²) in [6, 6.07) is 0. The Labute approximate surface area is 97.1 Å². The first-order chi connectivity index (χ1) is 7.47. The van der Waals surface area contributed by atoms with Crippen molar-refractivity contribution in [2.45, 2.75) is 27.2 Å². The fraction of sp³-hybridized carbons (Fsp3) is 0.889. The van der Waals surface area contributed by atoms with Gasteiger partial charge in [0.1, 0.15) is 6.54 Å². The van der Waals surface area contributed by atoms with Crippen LogP contribution in [-0.2, 0) is 19.7 Å². The molecule has 1 N–H and O–H groups in total. The zero-order chi connectivity index (χ0) is 12.6.